The van der Waals surface area contributed by atoms with Crippen LogP contribution in [0.1, 0.15) is 10.4 Å². The first kappa shape index (κ1) is 13.7. The maximum absolute atomic E-state index is 10.8. The van der Waals surface area contributed by atoms with Gasteiger partial charge in [-0.2, -0.15) is 0 Å². The van der Waals surface area contributed by atoms with Crippen molar-refractivity contribution < 1.29 is 9.84 Å². The minimum absolute atomic E-state index is 0.279. The Morgan fingerprint density at radius 2 is 2.00 bits per heavy atom. The van der Waals surface area contributed by atoms with Gasteiger partial charge in [0.25, 0.3) is 0 Å². The number of hydrogen-bond donors (Lipinski definition) is 1. The lowest BCUT2D eigenvalue weighted by atomic mass is 9.90. The molecule has 0 bridgehead atoms. The molecular formula is C14H15BrO2S. The number of thiophene rings is 1. The van der Waals surface area contributed by atoms with Gasteiger partial charge in [-0.25, -0.2) is 0 Å². The molecule has 1 atom stereocenters. The summed E-state index contributed by atoms with van der Waals surface area (Å²) in [4.78, 5) is 1.12. The Morgan fingerprint density at radius 3 is 2.56 bits per heavy atom. The molecule has 18 heavy (non-hydrogen) atoms. The third-order valence-corrected chi connectivity index (χ3v) is 4.76. The number of aliphatic hydroxyl groups is 1. The zero-order chi connectivity index (χ0) is 13.0. The van der Waals surface area contributed by atoms with Crippen LogP contribution in [0.15, 0.2) is 46.3 Å². The van der Waals surface area contributed by atoms with Gasteiger partial charge in [-0.1, -0.05) is 30.3 Å². The van der Waals surface area contributed by atoms with Gasteiger partial charge in [0.1, 0.15) is 5.60 Å². The van der Waals surface area contributed by atoms with Crippen LogP contribution in [0.25, 0.3) is 0 Å². The highest BCUT2D eigenvalue weighted by molar-refractivity contribution is 9.10. The van der Waals surface area contributed by atoms with Crippen LogP contribution < -0.4 is 0 Å². The molecule has 1 unspecified atom stereocenters. The fourth-order valence-corrected chi connectivity index (χ4v) is 3.54. The second-order valence-corrected chi connectivity index (χ2v) is 6.05. The van der Waals surface area contributed by atoms with Crippen LogP contribution in [0.2, 0.25) is 0 Å². The predicted octanol–water partition coefficient (Wildman–Crippen LogP) is 3.59. The average Bonchev–Trinajstić information content (AvgIpc) is 2.76. The molecule has 0 radical (unpaired) electrons. The van der Waals surface area contributed by atoms with Crippen molar-refractivity contribution in [3.63, 3.8) is 0 Å². The molecule has 0 amide bonds. The molecule has 0 fully saturated rings. The van der Waals surface area contributed by atoms with Crippen molar-refractivity contribution in [3.8, 4) is 0 Å². The number of methoxy groups -OCH3 is 1. The lowest BCUT2D eigenvalue weighted by Gasteiger charge is -2.27. The fourth-order valence-electron chi connectivity index (χ4n) is 1.94. The van der Waals surface area contributed by atoms with Gasteiger partial charge in [0.15, 0.2) is 0 Å². The third kappa shape index (κ3) is 3.01. The van der Waals surface area contributed by atoms with E-state index in [4.69, 9.17) is 4.74 Å². The van der Waals surface area contributed by atoms with Crippen LogP contribution in [-0.4, -0.2) is 18.8 Å². The summed E-state index contributed by atoms with van der Waals surface area (Å²) in [5, 5.41) is 12.9. The van der Waals surface area contributed by atoms with Crippen molar-refractivity contribution >= 4 is 27.3 Å². The monoisotopic (exact) mass is 326 g/mol. The van der Waals surface area contributed by atoms with Crippen molar-refractivity contribution in [3.05, 3.63) is 56.7 Å². The molecule has 2 rings (SSSR count). The van der Waals surface area contributed by atoms with Gasteiger partial charge in [-0.05, 0) is 32.9 Å². The molecule has 0 aliphatic rings. The summed E-state index contributed by atoms with van der Waals surface area (Å²) in [5.41, 5.74) is -0.101. The van der Waals surface area contributed by atoms with Crippen LogP contribution in [-0.2, 0) is 16.8 Å². The fraction of sp³-hybridized carbons (Fsp3) is 0.286. The number of hydrogen-bond acceptors (Lipinski definition) is 3. The lowest BCUT2D eigenvalue weighted by Crippen LogP contribution is -2.33. The normalized spacial score (nSPS) is 14.4. The summed E-state index contributed by atoms with van der Waals surface area (Å²) in [7, 11) is 1.61. The van der Waals surface area contributed by atoms with E-state index in [-0.39, 0.29) is 6.61 Å². The minimum Gasteiger partial charge on any atom is -0.382 e. The van der Waals surface area contributed by atoms with E-state index in [1.807, 2.05) is 41.8 Å². The Kier molecular flexibility index (Phi) is 4.56. The molecule has 0 saturated carbocycles. The maximum Gasteiger partial charge on any atom is 0.118 e. The number of ether oxygens (including phenoxy) is 1. The number of rotatable bonds is 5. The summed E-state index contributed by atoms with van der Waals surface area (Å²) < 4.78 is 6.23. The summed E-state index contributed by atoms with van der Waals surface area (Å²) in [6, 6.07) is 11.7. The second kappa shape index (κ2) is 5.97. The molecule has 2 nitrogen and oxygen atoms in total. The number of benzene rings is 1. The highest BCUT2D eigenvalue weighted by atomic mass is 79.9. The first-order valence-electron chi connectivity index (χ1n) is 5.64. The molecular weight excluding hydrogens is 312 g/mol. The number of halogens is 1. The SMILES string of the molecule is COCC(O)(Cc1sccc1Br)c1ccccc1. The van der Waals surface area contributed by atoms with Gasteiger partial charge in [0.05, 0.1) is 6.61 Å². The third-order valence-electron chi connectivity index (χ3n) is 2.84. The van der Waals surface area contributed by atoms with Crippen LogP contribution in [0.5, 0.6) is 0 Å². The molecule has 96 valence electrons. The van der Waals surface area contributed by atoms with Crippen molar-refractivity contribution in [2.45, 2.75) is 12.0 Å². The van der Waals surface area contributed by atoms with E-state index in [0.29, 0.717) is 6.42 Å². The van der Waals surface area contributed by atoms with Gasteiger partial charge >= 0.3 is 0 Å². The van der Waals surface area contributed by atoms with E-state index in [2.05, 4.69) is 15.9 Å². The summed E-state index contributed by atoms with van der Waals surface area (Å²) in [6.45, 7) is 0.279. The van der Waals surface area contributed by atoms with Crippen LogP contribution in [0, 0.1) is 0 Å². The Morgan fingerprint density at radius 1 is 1.28 bits per heavy atom. The van der Waals surface area contributed by atoms with Gasteiger partial charge in [-0.15, -0.1) is 11.3 Å². The van der Waals surface area contributed by atoms with E-state index < -0.39 is 5.60 Å². The highest BCUT2D eigenvalue weighted by Gasteiger charge is 2.30. The van der Waals surface area contributed by atoms with Gasteiger partial charge in [0.2, 0.25) is 0 Å². The molecule has 4 heteroatoms. The zero-order valence-corrected chi connectivity index (χ0v) is 12.5. The van der Waals surface area contributed by atoms with Crippen molar-refractivity contribution in [1.82, 2.24) is 0 Å². The van der Waals surface area contributed by atoms with E-state index in [9.17, 15) is 5.11 Å². The molecule has 1 aromatic carbocycles. The lowest BCUT2D eigenvalue weighted by molar-refractivity contribution is -0.0350. The molecule has 0 spiro atoms. The Bertz CT molecular complexity index is 498. The van der Waals surface area contributed by atoms with Crippen molar-refractivity contribution in [2.75, 3.05) is 13.7 Å². The molecule has 0 aliphatic carbocycles. The average molecular weight is 327 g/mol. The predicted molar refractivity (Wildman–Crippen MR) is 77.9 cm³/mol. The van der Waals surface area contributed by atoms with Gasteiger partial charge in [0, 0.05) is 22.9 Å². The molecule has 0 saturated heterocycles. The van der Waals surface area contributed by atoms with E-state index in [1.165, 1.54) is 0 Å². The summed E-state index contributed by atoms with van der Waals surface area (Å²) in [6.07, 6.45) is 0.545. The molecule has 1 heterocycles. The second-order valence-electron chi connectivity index (χ2n) is 4.20. The minimum atomic E-state index is -0.983. The first-order valence-corrected chi connectivity index (χ1v) is 7.32. The zero-order valence-electron chi connectivity index (χ0n) is 10.1. The highest BCUT2D eigenvalue weighted by Crippen LogP contribution is 2.32. The summed E-state index contributed by atoms with van der Waals surface area (Å²) >= 11 is 5.14. The van der Waals surface area contributed by atoms with E-state index in [0.717, 1.165) is 14.9 Å². The van der Waals surface area contributed by atoms with Crippen LogP contribution >= 0.6 is 27.3 Å². The first-order chi connectivity index (χ1) is 8.65. The quantitative estimate of drug-likeness (QED) is 0.909. The standard InChI is InChI=1S/C14H15BrO2S/c1-17-10-14(16,11-5-3-2-4-6-11)9-13-12(15)7-8-18-13/h2-8,16H,9-10H2,1H3. The van der Waals surface area contributed by atoms with Crippen LogP contribution in [0.3, 0.4) is 0 Å². The van der Waals surface area contributed by atoms with E-state index >= 15 is 0 Å². The molecule has 1 N–H and O–H groups in total. The Balaban J connectivity index is 2.30. The maximum atomic E-state index is 10.8. The van der Waals surface area contributed by atoms with Crippen molar-refractivity contribution in [1.29, 1.82) is 0 Å². The smallest absolute Gasteiger partial charge is 0.118 e. The molecule has 0 aliphatic heterocycles. The van der Waals surface area contributed by atoms with E-state index in [1.54, 1.807) is 18.4 Å². The Labute approximate surface area is 119 Å². The van der Waals surface area contributed by atoms with Gasteiger partial charge in [-0.3, -0.25) is 0 Å². The Hall–Kier alpha value is -0.680. The van der Waals surface area contributed by atoms with Gasteiger partial charge < -0.3 is 9.84 Å². The van der Waals surface area contributed by atoms with Crippen molar-refractivity contribution in [2.24, 2.45) is 0 Å². The van der Waals surface area contributed by atoms with Crippen LogP contribution in [0.4, 0.5) is 0 Å². The topological polar surface area (TPSA) is 29.5 Å². The largest absolute Gasteiger partial charge is 0.382 e. The molecule has 2 aromatic rings. The summed E-state index contributed by atoms with van der Waals surface area (Å²) in [5.74, 6) is 0. The molecule has 1 aromatic heterocycles.